The number of ether oxygens (including phenoxy) is 1. The molecule has 0 bridgehead atoms. The van der Waals surface area contributed by atoms with Crippen molar-refractivity contribution in [1.82, 2.24) is 10.3 Å². The number of hydrogen-bond acceptors (Lipinski definition) is 5. The lowest BCUT2D eigenvalue weighted by atomic mass is 10.1. The Morgan fingerprint density at radius 1 is 1.24 bits per heavy atom. The third-order valence-electron chi connectivity index (χ3n) is 4.18. The van der Waals surface area contributed by atoms with Gasteiger partial charge < -0.3 is 15.0 Å². The Labute approximate surface area is 152 Å². The first-order valence-electron chi connectivity index (χ1n) is 8.42. The number of benzene rings is 1. The fourth-order valence-electron chi connectivity index (χ4n) is 2.81. The zero-order valence-corrected chi connectivity index (χ0v) is 15.2. The van der Waals surface area contributed by atoms with E-state index in [2.05, 4.69) is 15.2 Å². The lowest BCUT2D eigenvalue weighted by molar-refractivity contribution is -0.120. The third-order valence-corrected chi connectivity index (χ3v) is 4.92. The Morgan fingerprint density at radius 3 is 2.72 bits per heavy atom. The van der Waals surface area contributed by atoms with Gasteiger partial charge in [0.1, 0.15) is 5.82 Å². The zero-order chi connectivity index (χ0) is 17.5. The average molecular weight is 357 g/mol. The molecule has 1 aromatic carbocycles. The van der Waals surface area contributed by atoms with Crippen molar-refractivity contribution in [3.05, 3.63) is 53.7 Å². The Kier molecular flexibility index (Phi) is 6.30. The molecular formula is C19H23N3O2S. The number of rotatable bonds is 6. The molecule has 2 heterocycles. The van der Waals surface area contributed by atoms with Gasteiger partial charge in [-0.2, -0.15) is 0 Å². The Morgan fingerprint density at radius 2 is 2.00 bits per heavy atom. The topological polar surface area (TPSA) is 54.5 Å². The number of nitrogens with one attached hydrogen (secondary N) is 1. The summed E-state index contributed by atoms with van der Waals surface area (Å²) in [5.74, 6) is 0.962. The molecule has 2 aromatic rings. The van der Waals surface area contributed by atoms with E-state index < -0.39 is 0 Å². The molecule has 1 aliphatic rings. The van der Waals surface area contributed by atoms with Crippen LogP contribution in [0.3, 0.4) is 0 Å². The van der Waals surface area contributed by atoms with Crippen molar-refractivity contribution >= 4 is 23.5 Å². The van der Waals surface area contributed by atoms with Crippen molar-refractivity contribution in [2.75, 3.05) is 37.5 Å². The second kappa shape index (κ2) is 8.87. The molecule has 1 amide bonds. The SMILES string of the molecule is CSc1ccc(CC(=O)NCc2cccnc2N2CCOCC2)cc1. The predicted molar refractivity (Wildman–Crippen MR) is 101 cm³/mol. The summed E-state index contributed by atoms with van der Waals surface area (Å²) >= 11 is 1.70. The van der Waals surface area contributed by atoms with E-state index in [1.165, 1.54) is 4.90 Å². The van der Waals surface area contributed by atoms with E-state index in [4.69, 9.17) is 4.74 Å². The maximum atomic E-state index is 12.3. The highest BCUT2D eigenvalue weighted by Crippen LogP contribution is 2.18. The van der Waals surface area contributed by atoms with Crippen LogP contribution in [0.5, 0.6) is 0 Å². The molecular weight excluding hydrogens is 334 g/mol. The lowest BCUT2D eigenvalue weighted by Gasteiger charge is -2.29. The van der Waals surface area contributed by atoms with E-state index >= 15 is 0 Å². The third kappa shape index (κ3) is 4.96. The van der Waals surface area contributed by atoms with E-state index in [1.807, 2.05) is 42.7 Å². The Bertz CT molecular complexity index is 700. The first kappa shape index (κ1) is 17.8. The molecule has 0 atom stereocenters. The Balaban J connectivity index is 1.58. The molecule has 5 nitrogen and oxygen atoms in total. The molecule has 0 unspecified atom stereocenters. The Hall–Kier alpha value is -2.05. The van der Waals surface area contributed by atoms with E-state index in [-0.39, 0.29) is 5.91 Å². The molecule has 0 aliphatic carbocycles. The smallest absolute Gasteiger partial charge is 0.224 e. The summed E-state index contributed by atoms with van der Waals surface area (Å²) in [6.45, 7) is 3.59. The van der Waals surface area contributed by atoms with Gasteiger partial charge in [-0.05, 0) is 30.0 Å². The van der Waals surface area contributed by atoms with Crippen LogP contribution < -0.4 is 10.2 Å². The molecule has 1 aromatic heterocycles. The predicted octanol–water partition coefficient (Wildman–Crippen LogP) is 2.50. The molecule has 25 heavy (non-hydrogen) atoms. The summed E-state index contributed by atoms with van der Waals surface area (Å²) in [5.41, 5.74) is 2.06. The number of nitrogens with zero attached hydrogens (tertiary/aromatic N) is 2. The molecule has 0 spiro atoms. The number of anilines is 1. The van der Waals surface area contributed by atoms with Gasteiger partial charge in [-0.15, -0.1) is 11.8 Å². The van der Waals surface area contributed by atoms with Crippen molar-refractivity contribution in [2.45, 2.75) is 17.9 Å². The molecule has 132 valence electrons. The number of aromatic nitrogens is 1. The maximum Gasteiger partial charge on any atom is 0.224 e. The number of amides is 1. The average Bonchev–Trinajstić information content (AvgIpc) is 2.68. The van der Waals surface area contributed by atoms with Crippen LogP contribution in [0.25, 0.3) is 0 Å². The summed E-state index contributed by atoms with van der Waals surface area (Å²) < 4.78 is 5.40. The van der Waals surface area contributed by atoms with Gasteiger partial charge >= 0.3 is 0 Å². The molecule has 3 rings (SSSR count). The van der Waals surface area contributed by atoms with Crippen LogP contribution in [0.1, 0.15) is 11.1 Å². The van der Waals surface area contributed by atoms with Crippen molar-refractivity contribution in [3.63, 3.8) is 0 Å². The summed E-state index contributed by atoms with van der Waals surface area (Å²) in [4.78, 5) is 20.2. The van der Waals surface area contributed by atoms with Crippen LogP contribution in [-0.4, -0.2) is 43.5 Å². The number of pyridine rings is 1. The van der Waals surface area contributed by atoms with Crippen LogP contribution in [0.4, 0.5) is 5.82 Å². The minimum Gasteiger partial charge on any atom is -0.378 e. The maximum absolute atomic E-state index is 12.3. The zero-order valence-electron chi connectivity index (χ0n) is 14.4. The first-order chi connectivity index (χ1) is 12.3. The van der Waals surface area contributed by atoms with Gasteiger partial charge in [0.05, 0.1) is 19.6 Å². The molecule has 1 fully saturated rings. The van der Waals surface area contributed by atoms with Crippen molar-refractivity contribution in [1.29, 1.82) is 0 Å². The largest absolute Gasteiger partial charge is 0.378 e. The molecule has 1 saturated heterocycles. The standard InChI is InChI=1S/C19H23N3O2S/c1-25-17-6-4-15(5-7-17)13-18(23)21-14-16-3-2-8-20-19(16)22-9-11-24-12-10-22/h2-8H,9-14H2,1H3,(H,21,23). The van der Waals surface area contributed by atoms with Gasteiger partial charge in [0.2, 0.25) is 5.91 Å². The summed E-state index contributed by atoms with van der Waals surface area (Å²) in [6, 6.07) is 12.0. The first-order valence-corrected chi connectivity index (χ1v) is 9.65. The molecule has 1 N–H and O–H groups in total. The minimum absolute atomic E-state index is 0.0219. The molecule has 0 radical (unpaired) electrons. The summed E-state index contributed by atoms with van der Waals surface area (Å²) in [5, 5.41) is 3.01. The second-order valence-corrected chi connectivity index (χ2v) is 6.77. The highest BCUT2D eigenvalue weighted by molar-refractivity contribution is 7.98. The van der Waals surface area contributed by atoms with Gasteiger partial charge in [-0.3, -0.25) is 4.79 Å². The second-order valence-electron chi connectivity index (χ2n) is 5.89. The molecule has 0 saturated carbocycles. The van der Waals surface area contributed by atoms with E-state index in [0.717, 1.165) is 30.0 Å². The van der Waals surface area contributed by atoms with Crippen LogP contribution >= 0.6 is 11.8 Å². The van der Waals surface area contributed by atoms with Crippen LogP contribution in [0.15, 0.2) is 47.5 Å². The van der Waals surface area contributed by atoms with Crippen molar-refractivity contribution in [2.24, 2.45) is 0 Å². The fraction of sp³-hybridized carbons (Fsp3) is 0.368. The van der Waals surface area contributed by atoms with Gasteiger partial charge in [0, 0.05) is 36.3 Å². The highest BCUT2D eigenvalue weighted by Gasteiger charge is 2.16. The highest BCUT2D eigenvalue weighted by atomic mass is 32.2. The quantitative estimate of drug-likeness (QED) is 0.805. The van der Waals surface area contributed by atoms with Crippen LogP contribution in [0.2, 0.25) is 0 Å². The number of carbonyl (C=O) groups is 1. The monoisotopic (exact) mass is 357 g/mol. The minimum atomic E-state index is 0.0219. The lowest BCUT2D eigenvalue weighted by Crippen LogP contribution is -2.38. The summed E-state index contributed by atoms with van der Waals surface area (Å²) in [6.07, 6.45) is 4.23. The number of hydrogen-bond donors (Lipinski definition) is 1. The van der Waals surface area contributed by atoms with E-state index in [9.17, 15) is 4.79 Å². The normalized spacial score (nSPS) is 14.4. The van der Waals surface area contributed by atoms with Crippen molar-refractivity contribution in [3.8, 4) is 0 Å². The number of carbonyl (C=O) groups excluding carboxylic acids is 1. The van der Waals surface area contributed by atoms with Gasteiger partial charge in [0.15, 0.2) is 0 Å². The van der Waals surface area contributed by atoms with Gasteiger partial charge in [-0.25, -0.2) is 4.98 Å². The van der Waals surface area contributed by atoms with Gasteiger partial charge in [-0.1, -0.05) is 18.2 Å². The van der Waals surface area contributed by atoms with E-state index in [1.54, 1.807) is 18.0 Å². The fourth-order valence-corrected chi connectivity index (χ4v) is 3.22. The van der Waals surface area contributed by atoms with Crippen molar-refractivity contribution < 1.29 is 9.53 Å². The number of morpholine rings is 1. The molecule has 1 aliphatic heterocycles. The van der Waals surface area contributed by atoms with Crippen LogP contribution in [0, 0.1) is 0 Å². The van der Waals surface area contributed by atoms with Gasteiger partial charge in [0.25, 0.3) is 0 Å². The van der Waals surface area contributed by atoms with E-state index in [0.29, 0.717) is 26.2 Å². The molecule has 6 heteroatoms. The summed E-state index contributed by atoms with van der Waals surface area (Å²) in [7, 11) is 0. The number of thioether (sulfide) groups is 1. The van der Waals surface area contributed by atoms with Crippen LogP contribution in [-0.2, 0) is 22.5 Å².